The van der Waals surface area contributed by atoms with Gasteiger partial charge in [0, 0.05) is 80.7 Å². The van der Waals surface area contributed by atoms with E-state index in [9.17, 15) is 13.6 Å². The van der Waals surface area contributed by atoms with E-state index >= 15 is 4.39 Å². The van der Waals surface area contributed by atoms with Gasteiger partial charge in [0.2, 0.25) is 0 Å². The predicted molar refractivity (Wildman–Crippen MR) is 167 cm³/mol. The van der Waals surface area contributed by atoms with E-state index in [1.165, 1.54) is 29.2 Å². The van der Waals surface area contributed by atoms with Gasteiger partial charge in [-0.05, 0) is 63.7 Å². The van der Waals surface area contributed by atoms with Gasteiger partial charge in [-0.25, -0.2) is 22.9 Å². The lowest BCUT2D eigenvalue weighted by molar-refractivity contribution is 0.0110. The molecule has 1 saturated heterocycles. The van der Waals surface area contributed by atoms with Crippen LogP contribution in [0.15, 0.2) is 42.9 Å². The molecule has 2 atom stereocenters. The molecule has 1 saturated carbocycles. The summed E-state index contributed by atoms with van der Waals surface area (Å²) in [5.74, 6) is -3.47. The van der Waals surface area contributed by atoms with Crippen LogP contribution in [0.1, 0.15) is 45.7 Å². The number of anilines is 3. The zero-order valence-electron chi connectivity index (χ0n) is 25.1. The number of nitrogens with one attached hydrogen (secondary N) is 2. The van der Waals surface area contributed by atoms with Crippen molar-refractivity contribution in [1.82, 2.24) is 24.6 Å². The Morgan fingerprint density at radius 3 is 2.57 bits per heavy atom. The van der Waals surface area contributed by atoms with Crippen LogP contribution < -0.4 is 16.4 Å². The summed E-state index contributed by atoms with van der Waals surface area (Å²) in [5, 5.41) is 10.2. The van der Waals surface area contributed by atoms with E-state index in [0.29, 0.717) is 37.6 Å². The fourth-order valence-corrected chi connectivity index (χ4v) is 5.30. The predicted octanol–water partition coefficient (Wildman–Crippen LogP) is 5.74. The van der Waals surface area contributed by atoms with Crippen LogP contribution in [0.25, 0.3) is 11.1 Å². The van der Waals surface area contributed by atoms with Crippen molar-refractivity contribution in [2.75, 3.05) is 42.5 Å². The number of aromatic nitrogens is 3. The van der Waals surface area contributed by atoms with E-state index in [1.807, 2.05) is 32.9 Å². The molecule has 10 nitrogen and oxygen atoms in total. The van der Waals surface area contributed by atoms with Crippen LogP contribution in [0.4, 0.5) is 35.2 Å². The van der Waals surface area contributed by atoms with Gasteiger partial charge in [0.05, 0.1) is 17.6 Å². The van der Waals surface area contributed by atoms with Gasteiger partial charge in [-0.2, -0.15) is 5.10 Å². The van der Waals surface area contributed by atoms with E-state index in [-0.39, 0.29) is 47.2 Å². The molecule has 0 spiro atoms. The first-order valence-corrected chi connectivity index (χ1v) is 14.8. The summed E-state index contributed by atoms with van der Waals surface area (Å²) in [7, 11) is 0. The van der Waals surface area contributed by atoms with Gasteiger partial charge in [-0.15, -0.1) is 0 Å². The highest BCUT2D eigenvalue weighted by molar-refractivity contribution is 7.80. The molecular formula is C30H37F3N8O2S. The maximum Gasteiger partial charge on any atom is 0.410 e. The van der Waals surface area contributed by atoms with Gasteiger partial charge in [-0.3, -0.25) is 9.58 Å². The largest absolute Gasteiger partial charge is 0.444 e. The lowest BCUT2D eigenvalue weighted by Crippen LogP contribution is -2.50. The highest BCUT2D eigenvalue weighted by Gasteiger charge is 2.56. The zero-order valence-corrected chi connectivity index (χ0v) is 25.9. The first-order valence-electron chi connectivity index (χ1n) is 14.4. The van der Waals surface area contributed by atoms with Crippen molar-refractivity contribution in [2.24, 2.45) is 5.92 Å². The maximum absolute atomic E-state index is 15.1. The van der Waals surface area contributed by atoms with Crippen LogP contribution in [0.2, 0.25) is 0 Å². The molecule has 44 heavy (non-hydrogen) atoms. The fourth-order valence-electron chi connectivity index (χ4n) is 5.09. The van der Waals surface area contributed by atoms with Gasteiger partial charge < -0.3 is 26.0 Å². The summed E-state index contributed by atoms with van der Waals surface area (Å²) in [5.41, 5.74) is 7.84. The number of ether oxygens (including phenoxy) is 1. The van der Waals surface area contributed by atoms with E-state index in [1.54, 1.807) is 11.1 Å². The monoisotopic (exact) mass is 630 g/mol. The summed E-state index contributed by atoms with van der Waals surface area (Å²) in [4.78, 5) is 20.8. The molecule has 2 fully saturated rings. The number of rotatable bonds is 7. The molecule has 2 unspecified atom stereocenters. The second kappa shape index (κ2) is 12.2. The molecule has 3 heterocycles. The smallest absolute Gasteiger partial charge is 0.410 e. The number of carbonyl (C=O) groups excluding carboxylic acids is 1. The first-order chi connectivity index (χ1) is 20.7. The Hall–Kier alpha value is -3.91. The van der Waals surface area contributed by atoms with Crippen LogP contribution in [-0.2, 0) is 11.3 Å². The van der Waals surface area contributed by atoms with Crippen molar-refractivity contribution in [3.05, 3.63) is 54.2 Å². The minimum absolute atomic E-state index is 0.0586. The number of amides is 1. The quantitative estimate of drug-likeness (QED) is 0.222. The molecule has 0 bridgehead atoms. The average Bonchev–Trinajstić information content (AvgIpc) is 3.31. The Morgan fingerprint density at radius 1 is 1.20 bits per heavy atom. The molecule has 0 radical (unpaired) electrons. The van der Waals surface area contributed by atoms with Crippen molar-refractivity contribution >= 4 is 40.6 Å². The number of nitrogens with zero attached hydrogens (tertiary/aromatic N) is 5. The number of hydrogen-bond donors (Lipinski definition) is 3. The summed E-state index contributed by atoms with van der Waals surface area (Å²) < 4.78 is 48.5. The molecular weight excluding hydrogens is 593 g/mol. The van der Waals surface area contributed by atoms with Crippen molar-refractivity contribution in [3.63, 3.8) is 0 Å². The molecule has 4 N–H and O–H groups in total. The van der Waals surface area contributed by atoms with Crippen molar-refractivity contribution < 1.29 is 22.7 Å². The number of benzene rings is 1. The highest BCUT2D eigenvalue weighted by Crippen LogP contribution is 2.49. The summed E-state index contributed by atoms with van der Waals surface area (Å²) in [6.45, 7) is 10.3. The Kier molecular flexibility index (Phi) is 8.76. The normalized spacial score (nSPS) is 18.9. The number of carbonyl (C=O) groups is 1. The Bertz CT molecular complexity index is 1530. The molecule has 236 valence electrons. The number of piperazine rings is 1. The SMILES string of the molecule is CC(c1ccnc(NC(=S)Nc2cc(F)c(-c3cnn(CC4CC4(F)F)c3)cc2N)c1)N1CCN(C(=O)OC(C)(C)C)CC1. The topological polar surface area (TPSA) is 114 Å². The van der Waals surface area contributed by atoms with Crippen molar-refractivity contribution in [3.8, 4) is 11.1 Å². The highest BCUT2D eigenvalue weighted by atomic mass is 32.1. The van der Waals surface area contributed by atoms with Crippen LogP contribution in [0.3, 0.4) is 0 Å². The number of hydrogen-bond acceptors (Lipinski definition) is 7. The van der Waals surface area contributed by atoms with Gasteiger partial charge in [0.1, 0.15) is 17.2 Å². The van der Waals surface area contributed by atoms with Gasteiger partial charge >= 0.3 is 6.09 Å². The number of nitrogens with two attached hydrogens (primary N) is 1. The van der Waals surface area contributed by atoms with E-state index in [4.69, 9.17) is 22.7 Å². The molecule has 1 aliphatic heterocycles. The second-order valence-electron chi connectivity index (χ2n) is 12.3. The third-order valence-electron chi connectivity index (χ3n) is 7.72. The lowest BCUT2D eigenvalue weighted by Gasteiger charge is -2.38. The van der Waals surface area contributed by atoms with Crippen LogP contribution in [0.5, 0.6) is 0 Å². The van der Waals surface area contributed by atoms with E-state index in [0.717, 1.165) is 5.56 Å². The minimum atomic E-state index is -2.66. The standard InChI is InChI=1S/C30H37F3N8O2S/c1-18(39-7-9-40(10-8-39)28(42)43-29(2,3)4)19-5-6-35-26(11-19)38-27(44)37-25-13-23(31)22(12-24(25)34)20-15-36-41(16-20)17-21-14-30(21,32)33/h5-6,11-13,15-16,18,21H,7-10,14,17,34H2,1-4H3,(H2,35,37,38,44). The number of nitrogen functional groups attached to an aromatic ring is 1. The molecule has 3 aromatic rings. The van der Waals surface area contributed by atoms with Gasteiger partial charge in [0.15, 0.2) is 5.11 Å². The number of halogens is 3. The van der Waals surface area contributed by atoms with E-state index in [2.05, 4.69) is 32.5 Å². The maximum atomic E-state index is 15.1. The molecule has 1 amide bonds. The first kappa shape index (κ1) is 31.5. The van der Waals surface area contributed by atoms with E-state index < -0.39 is 23.3 Å². The molecule has 2 aromatic heterocycles. The fraction of sp³-hybridized carbons (Fsp3) is 0.467. The van der Waals surface area contributed by atoms with Crippen molar-refractivity contribution in [2.45, 2.75) is 58.2 Å². The minimum Gasteiger partial charge on any atom is -0.444 e. The Morgan fingerprint density at radius 2 is 1.91 bits per heavy atom. The average molecular weight is 631 g/mol. The summed E-state index contributed by atoms with van der Waals surface area (Å²) in [6, 6.07) is 6.56. The number of thiocarbonyl (C=S) groups is 1. The number of alkyl halides is 2. The summed E-state index contributed by atoms with van der Waals surface area (Å²) >= 11 is 5.45. The molecule has 1 aromatic carbocycles. The Labute approximate surface area is 259 Å². The third kappa shape index (κ3) is 7.59. The Balaban J connectivity index is 1.17. The molecule has 1 aliphatic carbocycles. The molecule has 2 aliphatic rings. The lowest BCUT2D eigenvalue weighted by atomic mass is 10.1. The second-order valence-corrected chi connectivity index (χ2v) is 12.7. The van der Waals surface area contributed by atoms with Crippen LogP contribution in [-0.4, -0.2) is 73.5 Å². The van der Waals surface area contributed by atoms with Gasteiger partial charge in [0.25, 0.3) is 5.92 Å². The third-order valence-corrected chi connectivity index (χ3v) is 7.92. The molecule has 14 heteroatoms. The molecule has 5 rings (SSSR count). The number of pyridine rings is 1. The van der Waals surface area contributed by atoms with Crippen molar-refractivity contribution in [1.29, 1.82) is 0 Å². The van der Waals surface area contributed by atoms with Crippen LogP contribution >= 0.6 is 12.2 Å². The van der Waals surface area contributed by atoms with Gasteiger partial charge in [-0.1, -0.05) is 0 Å². The zero-order chi connectivity index (χ0) is 31.8. The van der Waals surface area contributed by atoms with Crippen LogP contribution in [0, 0.1) is 11.7 Å². The summed E-state index contributed by atoms with van der Waals surface area (Å²) in [6.07, 6.45) is 4.18.